The van der Waals surface area contributed by atoms with Gasteiger partial charge in [0.05, 0.1) is 17.1 Å². The van der Waals surface area contributed by atoms with Gasteiger partial charge in [-0.25, -0.2) is 9.37 Å². The number of aromatic nitrogens is 1. The molecule has 0 N–H and O–H groups in total. The van der Waals surface area contributed by atoms with Crippen molar-refractivity contribution in [2.75, 3.05) is 0 Å². The molecule has 8 heteroatoms. The number of hydrogen-bond acceptors (Lipinski definition) is 4. The number of rotatable bonds is 3. The zero-order valence-corrected chi connectivity index (χ0v) is 11.5. The number of benzene rings is 1. The summed E-state index contributed by atoms with van der Waals surface area (Å²) >= 11 is 8.73. The van der Waals surface area contributed by atoms with Gasteiger partial charge in [-0.05, 0) is 18.2 Å². The first kappa shape index (κ1) is 13.7. The summed E-state index contributed by atoms with van der Waals surface area (Å²) < 4.78 is 19.2. The molecule has 0 unspecified atom stereocenters. The number of ether oxygens (including phenoxy) is 1. The second-order valence-corrected chi connectivity index (χ2v) is 4.72. The zero-order chi connectivity index (χ0) is 14.0. The normalized spacial score (nSPS) is 10.3. The number of pyridine rings is 1. The van der Waals surface area contributed by atoms with E-state index in [0.717, 1.165) is 12.1 Å². The molecular formula is C11H5BrClFN2O3. The van der Waals surface area contributed by atoms with Gasteiger partial charge in [0.2, 0.25) is 5.88 Å². The first-order chi connectivity index (χ1) is 8.95. The van der Waals surface area contributed by atoms with Crippen molar-refractivity contribution in [3.05, 3.63) is 55.9 Å². The minimum absolute atomic E-state index is 0.104. The van der Waals surface area contributed by atoms with E-state index in [0.29, 0.717) is 4.47 Å². The van der Waals surface area contributed by atoms with Crippen LogP contribution < -0.4 is 4.74 Å². The molecule has 0 fully saturated rings. The van der Waals surface area contributed by atoms with Crippen molar-refractivity contribution in [2.24, 2.45) is 0 Å². The molecule has 0 atom stereocenters. The van der Waals surface area contributed by atoms with E-state index in [2.05, 4.69) is 20.9 Å². The summed E-state index contributed by atoms with van der Waals surface area (Å²) in [6.07, 6.45) is 0. The fourth-order valence-electron chi connectivity index (χ4n) is 1.29. The predicted octanol–water partition coefficient (Wildman–Crippen LogP) is 4.34. The molecule has 5 nitrogen and oxygen atoms in total. The summed E-state index contributed by atoms with van der Waals surface area (Å²) in [6, 6.07) is 6.28. The Hall–Kier alpha value is -1.73. The van der Waals surface area contributed by atoms with Crippen LogP contribution in [0.3, 0.4) is 0 Å². The topological polar surface area (TPSA) is 65.3 Å². The van der Waals surface area contributed by atoms with Crippen molar-refractivity contribution in [1.29, 1.82) is 0 Å². The maximum atomic E-state index is 13.5. The molecule has 2 aromatic rings. The van der Waals surface area contributed by atoms with Gasteiger partial charge in [0, 0.05) is 4.47 Å². The summed E-state index contributed by atoms with van der Waals surface area (Å²) in [5.74, 6) is -0.883. The lowest BCUT2D eigenvalue weighted by Crippen LogP contribution is -1.94. The Morgan fingerprint density at radius 3 is 2.74 bits per heavy atom. The Morgan fingerprint density at radius 1 is 1.37 bits per heavy atom. The summed E-state index contributed by atoms with van der Waals surface area (Å²) in [5.41, 5.74) is -0.285. The van der Waals surface area contributed by atoms with Gasteiger partial charge in [0.25, 0.3) is 5.69 Å². The molecule has 0 aliphatic carbocycles. The quantitative estimate of drug-likeness (QED) is 0.471. The molecule has 0 aliphatic heterocycles. The van der Waals surface area contributed by atoms with Gasteiger partial charge in [0.15, 0.2) is 11.6 Å². The lowest BCUT2D eigenvalue weighted by Gasteiger charge is -2.06. The third kappa shape index (κ3) is 3.39. The monoisotopic (exact) mass is 346 g/mol. The minimum atomic E-state index is -0.641. The second-order valence-electron chi connectivity index (χ2n) is 3.42. The van der Waals surface area contributed by atoms with Crippen molar-refractivity contribution in [1.82, 2.24) is 4.98 Å². The van der Waals surface area contributed by atoms with Gasteiger partial charge in [-0.3, -0.25) is 10.1 Å². The Bertz CT molecular complexity index is 654. The highest BCUT2D eigenvalue weighted by atomic mass is 79.9. The predicted molar refractivity (Wildman–Crippen MR) is 70.1 cm³/mol. The van der Waals surface area contributed by atoms with Crippen molar-refractivity contribution in [2.45, 2.75) is 0 Å². The molecule has 0 radical (unpaired) electrons. The van der Waals surface area contributed by atoms with Crippen LogP contribution in [-0.4, -0.2) is 9.91 Å². The minimum Gasteiger partial charge on any atom is -0.436 e. The Morgan fingerprint density at radius 2 is 2.11 bits per heavy atom. The highest BCUT2D eigenvalue weighted by molar-refractivity contribution is 9.10. The molecular weight excluding hydrogens is 342 g/mol. The molecule has 1 aromatic carbocycles. The van der Waals surface area contributed by atoms with E-state index in [9.17, 15) is 14.5 Å². The number of halogens is 3. The Kier molecular flexibility index (Phi) is 3.96. The number of hydrogen-bond donors (Lipinski definition) is 0. The standard InChI is InChI=1S/C11H5BrClFN2O3/c12-6-1-2-9(8(14)3-6)19-11-5-7(16(17)18)4-10(13)15-11/h1-5H. The van der Waals surface area contributed by atoms with Crippen molar-refractivity contribution in [3.63, 3.8) is 0 Å². The molecule has 98 valence electrons. The van der Waals surface area contributed by atoms with Crippen LogP contribution in [0, 0.1) is 15.9 Å². The molecule has 0 bridgehead atoms. The van der Waals surface area contributed by atoms with E-state index < -0.39 is 10.7 Å². The molecule has 1 aromatic heterocycles. The average Bonchev–Trinajstić information content (AvgIpc) is 2.32. The van der Waals surface area contributed by atoms with Crippen LogP contribution in [0.1, 0.15) is 0 Å². The molecule has 0 saturated carbocycles. The first-order valence-electron chi connectivity index (χ1n) is 4.90. The van der Waals surface area contributed by atoms with E-state index in [1.54, 1.807) is 6.07 Å². The van der Waals surface area contributed by atoms with Gasteiger partial charge < -0.3 is 4.74 Å². The molecule has 2 rings (SSSR count). The molecule has 0 aliphatic rings. The van der Waals surface area contributed by atoms with E-state index in [-0.39, 0.29) is 22.5 Å². The van der Waals surface area contributed by atoms with Crippen LogP contribution in [0.25, 0.3) is 0 Å². The smallest absolute Gasteiger partial charge is 0.277 e. The molecule has 0 amide bonds. The van der Waals surface area contributed by atoms with Crippen LogP contribution in [0.15, 0.2) is 34.8 Å². The molecule has 0 spiro atoms. The van der Waals surface area contributed by atoms with Crippen molar-refractivity contribution < 1.29 is 14.1 Å². The van der Waals surface area contributed by atoms with Gasteiger partial charge in [-0.15, -0.1) is 0 Å². The summed E-state index contributed by atoms with van der Waals surface area (Å²) in [4.78, 5) is 13.7. The van der Waals surface area contributed by atoms with Crippen LogP contribution in [0.2, 0.25) is 5.15 Å². The molecule has 0 saturated heterocycles. The van der Waals surface area contributed by atoms with Gasteiger partial charge in [-0.1, -0.05) is 27.5 Å². The highest BCUT2D eigenvalue weighted by Gasteiger charge is 2.13. The van der Waals surface area contributed by atoms with Gasteiger partial charge in [-0.2, -0.15) is 0 Å². The maximum Gasteiger partial charge on any atom is 0.277 e. The Balaban J connectivity index is 2.35. The first-order valence-corrected chi connectivity index (χ1v) is 6.07. The SMILES string of the molecule is O=[N+]([O-])c1cc(Cl)nc(Oc2ccc(Br)cc2F)c1. The Labute approximate surface area is 120 Å². The van der Waals surface area contributed by atoms with Crippen molar-refractivity contribution >= 4 is 33.2 Å². The van der Waals surface area contributed by atoms with Gasteiger partial charge >= 0.3 is 0 Å². The van der Waals surface area contributed by atoms with E-state index in [4.69, 9.17) is 16.3 Å². The fourth-order valence-corrected chi connectivity index (χ4v) is 1.82. The third-order valence-corrected chi connectivity index (χ3v) is 2.76. The maximum absolute atomic E-state index is 13.5. The number of nitrogens with zero attached hydrogens (tertiary/aromatic N) is 2. The summed E-state index contributed by atoms with van der Waals surface area (Å²) in [7, 11) is 0. The molecule has 1 heterocycles. The van der Waals surface area contributed by atoms with E-state index in [1.807, 2.05) is 0 Å². The van der Waals surface area contributed by atoms with Crippen LogP contribution in [0.5, 0.6) is 11.6 Å². The fraction of sp³-hybridized carbons (Fsp3) is 0. The van der Waals surface area contributed by atoms with Crippen LogP contribution in [-0.2, 0) is 0 Å². The molecule has 19 heavy (non-hydrogen) atoms. The lowest BCUT2D eigenvalue weighted by molar-refractivity contribution is -0.385. The van der Waals surface area contributed by atoms with Gasteiger partial charge in [0.1, 0.15) is 5.15 Å². The van der Waals surface area contributed by atoms with Crippen LogP contribution >= 0.6 is 27.5 Å². The second kappa shape index (κ2) is 5.50. The zero-order valence-electron chi connectivity index (χ0n) is 9.14. The van der Waals surface area contributed by atoms with Crippen LogP contribution in [0.4, 0.5) is 10.1 Å². The van der Waals surface area contributed by atoms with Crippen molar-refractivity contribution in [3.8, 4) is 11.6 Å². The largest absolute Gasteiger partial charge is 0.436 e. The third-order valence-electron chi connectivity index (χ3n) is 2.07. The average molecular weight is 348 g/mol. The summed E-state index contributed by atoms with van der Waals surface area (Å²) in [5, 5.41) is 10.5. The lowest BCUT2D eigenvalue weighted by atomic mass is 10.3. The summed E-state index contributed by atoms with van der Waals surface area (Å²) in [6.45, 7) is 0. The van der Waals surface area contributed by atoms with E-state index >= 15 is 0 Å². The number of nitro groups is 1. The van der Waals surface area contributed by atoms with E-state index in [1.165, 1.54) is 12.1 Å². The highest BCUT2D eigenvalue weighted by Crippen LogP contribution is 2.29.